The fraction of sp³-hybridized carbons (Fsp3) is 0.238. The third kappa shape index (κ3) is 4.17. The van der Waals surface area contributed by atoms with Gasteiger partial charge >= 0.3 is 5.97 Å². The maximum Gasteiger partial charge on any atom is 0.338 e. The quantitative estimate of drug-likeness (QED) is 0.355. The molecule has 0 amide bonds. The van der Waals surface area contributed by atoms with Crippen molar-refractivity contribution in [3.8, 4) is 11.3 Å². The molecule has 0 atom stereocenters. The predicted molar refractivity (Wildman–Crippen MR) is 107 cm³/mol. The largest absolute Gasteiger partial charge is 0.462 e. The summed E-state index contributed by atoms with van der Waals surface area (Å²) in [5.41, 5.74) is 2.57. The Morgan fingerprint density at radius 3 is 2.58 bits per heavy atom. The molecule has 0 aliphatic heterocycles. The average Bonchev–Trinajstić information content (AvgIpc) is 2.65. The molecule has 0 aliphatic rings. The van der Waals surface area contributed by atoms with E-state index < -0.39 is 0 Å². The summed E-state index contributed by atoms with van der Waals surface area (Å²) in [7, 11) is 0. The van der Waals surface area contributed by atoms with Crippen LogP contribution in [-0.2, 0) is 4.74 Å². The second kappa shape index (κ2) is 8.52. The van der Waals surface area contributed by atoms with Crippen LogP contribution in [0.4, 0.5) is 0 Å². The lowest BCUT2D eigenvalue weighted by atomic mass is 10.0. The standard InChI is InChI=1S/C21H19Cl2NO2/c1-2-3-4-12-26-21(25)17-13-19(14-8-10-15(22)11-9-14)24-20-16(17)6-5-7-18(20)23/h5-11,13H,2-4,12H2,1H3. The topological polar surface area (TPSA) is 39.2 Å². The van der Waals surface area contributed by atoms with E-state index in [4.69, 9.17) is 27.9 Å². The molecule has 0 radical (unpaired) electrons. The van der Waals surface area contributed by atoms with Crippen LogP contribution in [0, 0.1) is 0 Å². The Kier molecular flexibility index (Phi) is 6.12. The Labute approximate surface area is 162 Å². The fourth-order valence-corrected chi connectivity index (χ4v) is 3.09. The van der Waals surface area contributed by atoms with Gasteiger partial charge in [-0.3, -0.25) is 0 Å². The zero-order valence-corrected chi connectivity index (χ0v) is 16.0. The number of nitrogens with zero attached hydrogens (tertiary/aromatic N) is 1. The molecule has 3 aromatic rings. The minimum Gasteiger partial charge on any atom is -0.462 e. The molecule has 0 N–H and O–H groups in total. The smallest absolute Gasteiger partial charge is 0.338 e. The minimum atomic E-state index is -0.356. The van der Waals surface area contributed by atoms with Gasteiger partial charge in [-0.2, -0.15) is 0 Å². The van der Waals surface area contributed by atoms with E-state index in [9.17, 15) is 4.79 Å². The number of ether oxygens (including phenoxy) is 1. The van der Waals surface area contributed by atoms with Crippen LogP contribution in [-0.4, -0.2) is 17.6 Å². The molecule has 2 aromatic carbocycles. The SMILES string of the molecule is CCCCCOC(=O)c1cc(-c2ccc(Cl)cc2)nc2c(Cl)cccc12. The number of halogens is 2. The molecule has 5 heteroatoms. The summed E-state index contributed by atoms with van der Waals surface area (Å²) >= 11 is 12.3. The van der Waals surface area contributed by atoms with Crippen LogP contribution in [0.25, 0.3) is 22.2 Å². The summed E-state index contributed by atoms with van der Waals surface area (Å²) < 4.78 is 5.46. The number of para-hydroxylation sites is 1. The number of rotatable bonds is 6. The maximum absolute atomic E-state index is 12.7. The third-order valence-corrected chi connectivity index (χ3v) is 4.69. The normalized spacial score (nSPS) is 10.9. The van der Waals surface area contributed by atoms with Gasteiger partial charge < -0.3 is 4.74 Å². The molecule has 134 valence electrons. The first-order valence-corrected chi connectivity index (χ1v) is 9.38. The lowest BCUT2D eigenvalue weighted by Gasteiger charge is -2.11. The summed E-state index contributed by atoms with van der Waals surface area (Å²) in [4.78, 5) is 17.3. The van der Waals surface area contributed by atoms with Gasteiger partial charge in [0.15, 0.2) is 0 Å². The molecule has 1 heterocycles. The van der Waals surface area contributed by atoms with Crippen LogP contribution in [0.1, 0.15) is 36.5 Å². The van der Waals surface area contributed by atoms with Crippen molar-refractivity contribution in [2.24, 2.45) is 0 Å². The van der Waals surface area contributed by atoms with Gasteiger partial charge in [0.2, 0.25) is 0 Å². The van der Waals surface area contributed by atoms with Crippen LogP contribution >= 0.6 is 23.2 Å². The third-order valence-electron chi connectivity index (χ3n) is 4.13. The molecular weight excluding hydrogens is 369 g/mol. The summed E-state index contributed by atoms with van der Waals surface area (Å²) in [5, 5.41) is 1.83. The Morgan fingerprint density at radius 1 is 1.08 bits per heavy atom. The van der Waals surface area contributed by atoms with Gasteiger partial charge in [-0.1, -0.05) is 67.2 Å². The molecule has 26 heavy (non-hydrogen) atoms. The summed E-state index contributed by atoms with van der Waals surface area (Å²) in [6.07, 6.45) is 2.97. The maximum atomic E-state index is 12.7. The summed E-state index contributed by atoms with van der Waals surface area (Å²) in [6.45, 7) is 2.52. The first-order valence-electron chi connectivity index (χ1n) is 8.62. The van der Waals surface area contributed by atoms with Gasteiger partial charge in [0.1, 0.15) is 0 Å². The number of pyridine rings is 1. The van der Waals surface area contributed by atoms with Gasteiger partial charge in [-0.15, -0.1) is 0 Å². The Morgan fingerprint density at radius 2 is 1.85 bits per heavy atom. The number of hydrogen-bond acceptors (Lipinski definition) is 3. The molecule has 0 fully saturated rings. The van der Waals surface area contributed by atoms with E-state index in [1.807, 2.05) is 24.3 Å². The van der Waals surface area contributed by atoms with Gasteiger partial charge in [-0.05, 0) is 30.7 Å². The van der Waals surface area contributed by atoms with Gasteiger partial charge in [-0.25, -0.2) is 9.78 Å². The second-order valence-electron chi connectivity index (χ2n) is 6.04. The number of fused-ring (bicyclic) bond motifs is 1. The average molecular weight is 388 g/mol. The zero-order valence-electron chi connectivity index (χ0n) is 14.5. The number of unbranched alkanes of at least 4 members (excludes halogenated alkanes) is 2. The predicted octanol–water partition coefficient (Wildman–Crippen LogP) is 6.56. The molecular formula is C21H19Cl2NO2. The van der Waals surface area contributed by atoms with E-state index in [0.717, 1.165) is 24.8 Å². The van der Waals surface area contributed by atoms with Crippen molar-refractivity contribution in [2.75, 3.05) is 6.61 Å². The van der Waals surface area contributed by atoms with Crippen molar-refractivity contribution < 1.29 is 9.53 Å². The molecule has 0 saturated heterocycles. The number of carbonyl (C=O) groups excluding carboxylic acids is 1. The lowest BCUT2D eigenvalue weighted by molar-refractivity contribution is 0.0500. The molecule has 3 nitrogen and oxygen atoms in total. The molecule has 0 saturated carbocycles. The second-order valence-corrected chi connectivity index (χ2v) is 6.88. The van der Waals surface area contributed by atoms with Crippen LogP contribution in [0.15, 0.2) is 48.5 Å². The molecule has 1 aromatic heterocycles. The highest BCUT2D eigenvalue weighted by Crippen LogP contribution is 2.30. The summed E-state index contributed by atoms with van der Waals surface area (Å²) in [6, 6.07) is 14.5. The van der Waals surface area contributed by atoms with E-state index in [1.165, 1.54) is 0 Å². The van der Waals surface area contributed by atoms with E-state index in [1.54, 1.807) is 24.3 Å². The van der Waals surface area contributed by atoms with Crippen LogP contribution < -0.4 is 0 Å². The Bertz CT molecular complexity index is 923. The molecule has 0 bridgehead atoms. The zero-order chi connectivity index (χ0) is 18.5. The highest BCUT2D eigenvalue weighted by molar-refractivity contribution is 6.35. The lowest BCUT2D eigenvalue weighted by Crippen LogP contribution is -2.08. The van der Waals surface area contributed by atoms with E-state index >= 15 is 0 Å². The first kappa shape index (κ1) is 18.7. The van der Waals surface area contributed by atoms with E-state index in [2.05, 4.69) is 11.9 Å². The number of aromatic nitrogens is 1. The minimum absolute atomic E-state index is 0.356. The number of esters is 1. The summed E-state index contributed by atoms with van der Waals surface area (Å²) in [5.74, 6) is -0.356. The highest BCUT2D eigenvalue weighted by Gasteiger charge is 2.16. The van der Waals surface area contributed by atoms with Crippen LogP contribution in [0.5, 0.6) is 0 Å². The van der Waals surface area contributed by atoms with Crippen molar-refractivity contribution in [2.45, 2.75) is 26.2 Å². The van der Waals surface area contributed by atoms with Gasteiger partial charge in [0.25, 0.3) is 0 Å². The molecule has 0 unspecified atom stereocenters. The van der Waals surface area contributed by atoms with Crippen molar-refractivity contribution in [3.63, 3.8) is 0 Å². The van der Waals surface area contributed by atoms with Gasteiger partial charge in [0, 0.05) is 16.0 Å². The van der Waals surface area contributed by atoms with Crippen LogP contribution in [0.3, 0.4) is 0 Å². The van der Waals surface area contributed by atoms with Gasteiger partial charge in [0.05, 0.1) is 28.4 Å². The number of hydrogen-bond donors (Lipinski definition) is 0. The molecule has 0 spiro atoms. The van der Waals surface area contributed by atoms with Crippen molar-refractivity contribution in [1.82, 2.24) is 4.98 Å². The number of carbonyl (C=O) groups is 1. The van der Waals surface area contributed by atoms with Crippen molar-refractivity contribution in [1.29, 1.82) is 0 Å². The Hall–Kier alpha value is -2.10. The van der Waals surface area contributed by atoms with E-state index in [0.29, 0.717) is 38.8 Å². The first-order chi connectivity index (χ1) is 12.6. The van der Waals surface area contributed by atoms with Crippen molar-refractivity contribution in [3.05, 3.63) is 64.1 Å². The highest BCUT2D eigenvalue weighted by atomic mass is 35.5. The monoisotopic (exact) mass is 387 g/mol. The fourth-order valence-electron chi connectivity index (χ4n) is 2.75. The van der Waals surface area contributed by atoms with Crippen LogP contribution in [0.2, 0.25) is 10.0 Å². The van der Waals surface area contributed by atoms with E-state index in [-0.39, 0.29) is 5.97 Å². The molecule has 3 rings (SSSR count). The van der Waals surface area contributed by atoms with Crippen molar-refractivity contribution >= 4 is 40.1 Å². The number of benzene rings is 2. The molecule has 0 aliphatic carbocycles. The Balaban J connectivity index is 2.04.